The SMILES string of the molecule is CSCC[C@H](NC(=O)OCC1c2ccccc2-c2ccccc21)C(=O)N1CCC(C)C(C(=O)O)C1. The lowest BCUT2D eigenvalue weighted by Crippen LogP contribution is -2.53. The molecule has 35 heavy (non-hydrogen) atoms. The summed E-state index contributed by atoms with van der Waals surface area (Å²) in [6, 6.07) is 15.5. The highest BCUT2D eigenvalue weighted by molar-refractivity contribution is 7.98. The Morgan fingerprint density at radius 2 is 1.74 bits per heavy atom. The Morgan fingerprint density at radius 1 is 1.11 bits per heavy atom. The third-order valence-electron chi connectivity index (χ3n) is 7.13. The second-order valence-corrected chi connectivity index (χ2v) is 10.3. The van der Waals surface area contributed by atoms with Crippen LogP contribution < -0.4 is 5.32 Å². The van der Waals surface area contributed by atoms with Crippen molar-refractivity contribution in [2.75, 3.05) is 31.7 Å². The average Bonchev–Trinajstić information content (AvgIpc) is 3.18. The van der Waals surface area contributed by atoms with Gasteiger partial charge in [0.15, 0.2) is 0 Å². The fraction of sp³-hybridized carbons (Fsp3) is 0.444. The summed E-state index contributed by atoms with van der Waals surface area (Å²) in [4.78, 5) is 39.2. The Bertz CT molecular complexity index is 1050. The number of thioether (sulfide) groups is 1. The van der Waals surface area contributed by atoms with Crippen molar-refractivity contribution < 1.29 is 24.2 Å². The number of carbonyl (C=O) groups excluding carboxylic acids is 2. The minimum atomic E-state index is -0.889. The molecule has 0 spiro atoms. The Hall–Kier alpha value is -3.00. The lowest BCUT2D eigenvalue weighted by atomic mass is 9.87. The monoisotopic (exact) mass is 496 g/mol. The number of piperidine rings is 1. The van der Waals surface area contributed by atoms with Gasteiger partial charge in [0.25, 0.3) is 0 Å². The molecule has 1 heterocycles. The first-order chi connectivity index (χ1) is 16.9. The van der Waals surface area contributed by atoms with E-state index < -0.39 is 24.0 Å². The van der Waals surface area contributed by atoms with Crippen LogP contribution in [0, 0.1) is 11.8 Å². The van der Waals surface area contributed by atoms with Crippen molar-refractivity contribution in [3.8, 4) is 11.1 Å². The van der Waals surface area contributed by atoms with Crippen LogP contribution in [-0.2, 0) is 14.3 Å². The summed E-state index contributed by atoms with van der Waals surface area (Å²) in [6.45, 7) is 2.73. The van der Waals surface area contributed by atoms with Gasteiger partial charge < -0.3 is 20.1 Å². The zero-order valence-corrected chi connectivity index (χ0v) is 20.9. The van der Waals surface area contributed by atoms with E-state index in [2.05, 4.69) is 29.6 Å². The molecule has 2 aromatic carbocycles. The van der Waals surface area contributed by atoms with Gasteiger partial charge in [-0.15, -0.1) is 0 Å². The van der Waals surface area contributed by atoms with Crippen molar-refractivity contribution in [3.63, 3.8) is 0 Å². The van der Waals surface area contributed by atoms with Crippen molar-refractivity contribution in [2.45, 2.75) is 31.7 Å². The van der Waals surface area contributed by atoms with Crippen molar-refractivity contribution >= 4 is 29.7 Å². The van der Waals surface area contributed by atoms with Crippen LogP contribution in [0.5, 0.6) is 0 Å². The molecule has 0 saturated carbocycles. The van der Waals surface area contributed by atoms with Crippen molar-refractivity contribution in [2.24, 2.45) is 11.8 Å². The zero-order chi connectivity index (χ0) is 24.9. The van der Waals surface area contributed by atoms with E-state index in [1.807, 2.05) is 37.4 Å². The molecule has 1 saturated heterocycles. The van der Waals surface area contributed by atoms with Crippen molar-refractivity contribution in [1.29, 1.82) is 0 Å². The summed E-state index contributed by atoms with van der Waals surface area (Å²) in [5.41, 5.74) is 4.55. The van der Waals surface area contributed by atoms with Gasteiger partial charge in [-0.2, -0.15) is 11.8 Å². The van der Waals surface area contributed by atoms with Crippen LogP contribution in [0.3, 0.4) is 0 Å². The number of carboxylic acid groups (broad SMARTS) is 1. The number of carboxylic acids is 1. The number of fused-ring (bicyclic) bond motifs is 3. The molecular weight excluding hydrogens is 464 g/mol. The summed E-state index contributed by atoms with van der Waals surface area (Å²) in [6.07, 6.45) is 2.39. The lowest BCUT2D eigenvalue weighted by molar-refractivity contribution is -0.148. The molecule has 2 aromatic rings. The Balaban J connectivity index is 1.41. The van der Waals surface area contributed by atoms with Gasteiger partial charge >= 0.3 is 12.1 Å². The van der Waals surface area contributed by atoms with E-state index in [4.69, 9.17) is 4.74 Å². The molecule has 186 valence electrons. The summed E-state index contributed by atoms with van der Waals surface area (Å²) in [5, 5.41) is 12.3. The summed E-state index contributed by atoms with van der Waals surface area (Å²) in [5.74, 6) is -1.09. The van der Waals surface area contributed by atoms with E-state index in [0.29, 0.717) is 25.1 Å². The predicted molar refractivity (Wildman–Crippen MR) is 136 cm³/mol. The van der Waals surface area contributed by atoms with Crippen LogP contribution >= 0.6 is 11.8 Å². The number of likely N-dealkylation sites (tertiary alicyclic amines) is 1. The molecule has 2 aliphatic rings. The number of hydrogen-bond donors (Lipinski definition) is 2. The Morgan fingerprint density at radius 3 is 2.34 bits per heavy atom. The minimum absolute atomic E-state index is 0.0105. The molecule has 0 aromatic heterocycles. The van der Waals surface area contributed by atoms with Crippen LogP contribution in [-0.4, -0.2) is 65.7 Å². The topological polar surface area (TPSA) is 95.9 Å². The first-order valence-corrected chi connectivity index (χ1v) is 13.4. The van der Waals surface area contributed by atoms with Gasteiger partial charge in [0.2, 0.25) is 5.91 Å². The van der Waals surface area contributed by atoms with E-state index in [-0.39, 0.29) is 30.9 Å². The van der Waals surface area contributed by atoms with Crippen LogP contribution in [0.1, 0.15) is 36.8 Å². The van der Waals surface area contributed by atoms with Gasteiger partial charge in [-0.05, 0) is 53.0 Å². The van der Waals surface area contributed by atoms with Crippen LogP contribution in [0.15, 0.2) is 48.5 Å². The number of alkyl carbamates (subject to hydrolysis) is 1. The van der Waals surface area contributed by atoms with Crippen LogP contribution in [0.2, 0.25) is 0 Å². The molecule has 0 radical (unpaired) electrons. The maximum atomic E-state index is 13.3. The number of hydrogen-bond acceptors (Lipinski definition) is 5. The number of amides is 2. The molecular formula is C27H32N2O5S. The van der Waals surface area contributed by atoms with Crippen molar-refractivity contribution in [3.05, 3.63) is 59.7 Å². The summed E-state index contributed by atoms with van der Waals surface area (Å²) >= 11 is 1.59. The highest BCUT2D eigenvalue weighted by Gasteiger charge is 2.36. The van der Waals surface area contributed by atoms with E-state index in [1.54, 1.807) is 16.7 Å². The van der Waals surface area contributed by atoms with Crippen LogP contribution in [0.4, 0.5) is 4.79 Å². The maximum Gasteiger partial charge on any atom is 0.407 e. The minimum Gasteiger partial charge on any atom is -0.481 e. The summed E-state index contributed by atoms with van der Waals surface area (Å²) < 4.78 is 5.64. The van der Waals surface area contributed by atoms with E-state index in [0.717, 1.165) is 22.3 Å². The standard InChI is InChI=1S/C27H32N2O5S/c1-17-11-13-29(15-22(17)26(31)32)25(30)24(12-14-35-2)28-27(33)34-16-23-20-9-5-3-7-18(20)19-8-4-6-10-21(19)23/h3-10,17,22-24H,11-16H2,1-2H3,(H,28,33)(H,31,32)/t17?,22?,24-/m0/s1. The number of ether oxygens (including phenoxy) is 1. The second-order valence-electron chi connectivity index (χ2n) is 9.30. The van der Waals surface area contributed by atoms with E-state index in [9.17, 15) is 19.5 Å². The second kappa shape index (κ2) is 11.2. The molecule has 1 fully saturated rings. The molecule has 2 N–H and O–H groups in total. The highest BCUT2D eigenvalue weighted by atomic mass is 32.2. The zero-order valence-electron chi connectivity index (χ0n) is 20.1. The molecule has 7 nitrogen and oxygen atoms in total. The van der Waals surface area contributed by atoms with E-state index in [1.165, 1.54) is 0 Å². The fourth-order valence-electron chi connectivity index (χ4n) is 5.09. The number of rotatable bonds is 8. The molecule has 8 heteroatoms. The number of nitrogens with one attached hydrogen (secondary N) is 1. The average molecular weight is 497 g/mol. The normalized spacial score (nSPS) is 20.0. The molecule has 1 aliphatic heterocycles. The maximum absolute atomic E-state index is 13.3. The Kier molecular flexibility index (Phi) is 8.00. The van der Waals surface area contributed by atoms with Gasteiger partial charge in [-0.3, -0.25) is 9.59 Å². The first-order valence-electron chi connectivity index (χ1n) is 12.0. The largest absolute Gasteiger partial charge is 0.481 e. The number of aliphatic carboxylic acids is 1. The third kappa shape index (κ3) is 5.48. The fourth-order valence-corrected chi connectivity index (χ4v) is 5.56. The molecule has 2 amide bonds. The highest BCUT2D eigenvalue weighted by Crippen LogP contribution is 2.44. The lowest BCUT2D eigenvalue weighted by Gasteiger charge is -2.36. The van der Waals surface area contributed by atoms with Crippen molar-refractivity contribution in [1.82, 2.24) is 10.2 Å². The number of carbonyl (C=O) groups is 3. The first kappa shape index (κ1) is 25.1. The number of benzene rings is 2. The third-order valence-corrected chi connectivity index (χ3v) is 7.78. The quantitative estimate of drug-likeness (QED) is 0.568. The van der Waals surface area contributed by atoms with Gasteiger partial charge in [0, 0.05) is 19.0 Å². The molecule has 3 atom stereocenters. The predicted octanol–water partition coefficient (Wildman–Crippen LogP) is 4.22. The molecule has 1 aliphatic carbocycles. The molecule has 0 bridgehead atoms. The van der Waals surface area contributed by atoms with Gasteiger partial charge in [0.1, 0.15) is 12.6 Å². The molecule has 4 rings (SSSR count). The van der Waals surface area contributed by atoms with Gasteiger partial charge in [-0.25, -0.2) is 4.79 Å². The van der Waals surface area contributed by atoms with Gasteiger partial charge in [-0.1, -0.05) is 55.5 Å². The molecule has 2 unspecified atom stereocenters. The van der Waals surface area contributed by atoms with Gasteiger partial charge in [0.05, 0.1) is 5.92 Å². The van der Waals surface area contributed by atoms with Crippen LogP contribution in [0.25, 0.3) is 11.1 Å². The summed E-state index contributed by atoms with van der Waals surface area (Å²) in [7, 11) is 0. The van der Waals surface area contributed by atoms with E-state index >= 15 is 0 Å². The Labute approximate surface area is 210 Å². The number of nitrogens with zero attached hydrogens (tertiary/aromatic N) is 1. The smallest absolute Gasteiger partial charge is 0.407 e.